The Morgan fingerprint density at radius 2 is 1.96 bits per heavy atom. The average molecular weight is 463 g/mol. The molecule has 0 saturated carbocycles. The van der Waals surface area contributed by atoms with Gasteiger partial charge in [-0.3, -0.25) is 9.36 Å². The fourth-order valence-corrected chi connectivity index (χ4v) is 3.79. The molecular weight excluding hydrogens is 440 g/mol. The van der Waals surface area contributed by atoms with Gasteiger partial charge in [-0.2, -0.15) is 0 Å². The lowest BCUT2D eigenvalue weighted by molar-refractivity contribution is -0.113. The van der Waals surface area contributed by atoms with Crippen LogP contribution in [0.2, 0.25) is 0 Å². The molecule has 0 bridgehead atoms. The number of nitrogens with one attached hydrogen (secondary N) is 1. The lowest BCUT2D eigenvalue weighted by Gasteiger charge is -2.09. The van der Waals surface area contributed by atoms with Crippen LogP contribution in [0.5, 0.6) is 0 Å². The number of halogens is 1. The van der Waals surface area contributed by atoms with Crippen molar-refractivity contribution in [1.29, 1.82) is 0 Å². The summed E-state index contributed by atoms with van der Waals surface area (Å²) in [6.45, 7) is 7.13. The van der Waals surface area contributed by atoms with Crippen LogP contribution in [0, 0.1) is 0 Å². The summed E-state index contributed by atoms with van der Waals surface area (Å²) in [6.07, 6.45) is 0.925. The molecule has 0 aliphatic carbocycles. The van der Waals surface area contributed by atoms with E-state index in [0.29, 0.717) is 27.3 Å². The zero-order valence-corrected chi connectivity index (χ0v) is 18.5. The summed E-state index contributed by atoms with van der Waals surface area (Å²) in [5.74, 6) is 1.97. The summed E-state index contributed by atoms with van der Waals surface area (Å²) in [6, 6.07) is 11.6. The summed E-state index contributed by atoms with van der Waals surface area (Å²) in [5, 5.41) is 12.1. The molecule has 0 aliphatic rings. The highest BCUT2D eigenvalue weighted by Crippen LogP contribution is 2.27. The van der Waals surface area contributed by atoms with Crippen molar-refractivity contribution in [2.75, 3.05) is 11.1 Å². The maximum Gasteiger partial charge on any atom is 0.234 e. The van der Waals surface area contributed by atoms with Crippen molar-refractivity contribution in [2.45, 2.75) is 44.8 Å². The van der Waals surface area contributed by atoms with Gasteiger partial charge in [0.25, 0.3) is 0 Å². The lowest BCUT2D eigenvalue weighted by Crippen LogP contribution is -2.14. The fraction of sp³-hybridized carbons (Fsp3) is 0.350. The first-order chi connectivity index (χ1) is 13.5. The van der Waals surface area contributed by atoms with Crippen molar-refractivity contribution in [3.63, 3.8) is 0 Å². The number of thioether (sulfide) groups is 1. The number of nitrogens with zero attached hydrogens (tertiary/aromatic N) is 3. The van der Waals surface area contributed by atoms with Gasteiger partial charge in [-0.25, -0.2) is 0 Å². The average Bonchev–Trinajstić information content (AvgIpc) is 3.27. The molecule has 0 unspecified atom stereocenters. The zero-order chi connectivity index (χ0) is 20.1. The van der Waals surface area contributed by atoms with Gasteiger partial charge in [-0.15, -0.1) is 10.2 Å². The molecule has 2 aromatic heterocycles. The van der Waals surface area contributed by atoms with Crippen LogP contribution in [0.3, 0.4) is 0 Å². The summed E-state index contributed by atoms with van der Waals surface area (Å²) < 4.78 is 8.24. The molecule has 3 aromatic rings. The number of anilines is 1. The topological polar surface area (TPSA) is 73.0 Å². The van der Waals surface area contributed by atoms with Crippen LogP contribution in [0.15, 0.2) is 50.6 Å². The SMILES string of the molecule is CCCn1c(SCC(=O)Nc2ccc(C(C)C)cc2)nnc1-c1ccc(Br)o1. The van der Waals surface area contributed by atoms with Crippen molar-refractivity contribution >= 4 is 39.3 Å². The van der Waals surface area contributed by atoms with E-state index in [-0.39, 0.29) is 11.7 Å². The van der Waals surface area contributed by atoms with Gasteiger partial charge in [0.1, 0.15) is 0 Å². The van der Waals surface area contributed by atoms with E-state index in [0.717, 1.165) is 18.7 Å². The maximum atomic E-state index is 12.3. The number of hydrogen-bond donors (Lipinski definition) is 1. The first-order valence-electron chi connectivity index (χ1n) is 9.19. The van der Waals surface area contributed by atoms with Gasteiger partial charge in [0, 0.05) is 12.2 Å². The van der Waals surface area contributed by atoms with E-state index in [1.807, 2.05) is 41.0 Å². The van der Waals surface area contributed by atoms with Gasteiger partial charge >= 0.3 is 0 Å². The summed E-state index contributed by atoms with van der Waals surface area (Å²) in [5.41, 5.74) is 2.04. The molecule has 0 spiro atoms. The molecule has 1 amide bonds. The number of furan rings is 1. The predicted molar refractivity (Wildman–Crippen MR) is 116 cm³/mol. The Kier molecular flexibility index (Phi) is 6.96. The molecule has 2 heterocycles. The minimum atomic E-state index is -0.0735. The third-order valence-electron chi connectivity index (χ3n) is 4.15. The normalized spacial score (nSPS) is 11.2. The minimum Gasteiger partial charge on any atom is -0.446 e. The molecule has 1 N–H and O–H groups in total. The highest BCUT2D eigenvalue weighted by molar-refractivity contribution is 9.10. The number of carbonyl (C=O) groups excluding carboxylic acids is 1. The van der Waals surface area contributed by atoms with E-state index in [9.17, 15) is 4.79 Å². The van der Waals surface area contributed by atoms with Crippen LogP contribution in [-0.4, -0.2) is 26.4 Å². The molecule has 0 saturated heterocycles. The van der Waals surface area contributed by atoms with Crippen LogP contribution >= 0.6 is 27.7 Å². The van der Waals surface area contributed by atoms with E-state index < -0.39 is 0 Å². The first kappa shape index (κ1) is 20.7. The monoisotopic (exact) mass is 462 g/mol. The molecule has 0 fully saturated rings. The number of benzene rings is 1. The van der Waals surface area contributed by atoms with Crippen LogP contribution in [0.25, 0.3) is 11.6 Å². The van der Waals surface area contributed by atoms with Crippen molar-refractivity contribution in [3.05, 3.63) is 46.6 Å². The summed E-state index contributed by atoms with van der Waals surface area (Å²) in [7, 11) is 0. The molecule has 0 aliphatic heterocycles. The Hall–Kier alpha value is -2.06. The van der Waals surface area contributed by atoms with Gasteiger partial charge in [0.05, 0.1) is 5.75 Å². The fourth-order valence-electron chi connectivity index (χ4n) is 2.72. The van der Waals surface area contributed by atoms with Crippen molar-refractivity contribution in [3.8, 4) is 11.6 Å². The van der Waals surface area contributed by atoms with Crippen LogP contribution in [0.1, 0.15) is 38.7 Å². The van der Waals surface area contributed by atoms with Crippen LogP contribution in [-0.2, 0) is 11.3 Å². The van der Waals surface area contributed by atoms with Crippen molar-refractivity contribution < 1.29 is 9.21 Å². The summed E-state index contributed by atoms with van der Waals surface area (Å²) in [4.78, 5) is 12.3. The third-order valence-corrected chi connectivity index (χ3v) is 5.54. The molecule has 148 valence electrons. The van der Waals surface area contributed by atoms with Gasteiger partial charge in [0.15, 0.2) is 15.6 Å². The largest absolute Gasteiger partial charge is 0.446 e. The van der Waals surface area contributed by atoms with Crippen molar-refractivity contribution in [2.24, 2.45) is 0 Å². The number of amides is 1. The second-order valence-corrected chi connectivity index (χ2v) is 8.40. The third kappa shape index (κ3) is 5.05. The standard InChI is InChI=1S/C20H23BrN4O2S/c1-4-11-25-19(16-9-10-17(21)27-16)23-24-20(25)28-12-18(26)22-15-7-5-14(6-8-15)13(2)3/h5-10,13H,4,11-12H2,1-3H3,(H,22,26). The second kappa shape index (κ2) is 9.43. The van der Waals surface area contributed by atoms with E-state index in [2.05, 4.69) is 52.2 Å². The Labute approximate surface area is 177 Å². The number of aromatic nitrogens is 3. The van der Waals surface area contributed by atoms with E-state index >= 15 is 0 Å². The molecule has 28 heavy (non-hydrogen) atoms. The predicted octanol–water partition coefficient (Wildman–Crippen LogP) is 5.56. The number of rotatable bonds is 8. The minimum absolute atomic E-state index is 0.0735. The Morgan fingerprint density at radius 3 is 2.57 bits per heavy atom. The zero-order valence-electron chi connectivity index (χ0n) is 16.1. The lowest BCUT2D eigenvalue weighted by atomic mass is 10.0. The van der Waals surface area contributed by atoms with Gasteiger partial charge in [-0.05, 0) is 58.1 Å². The molecule has 0 atom stereocenters. The van der Waals surface area contributed by atoms with E-state index in [1.54, 1.807) is 0 Å². The molecule has 3 rings (SSSR count). The van der Waals surface area contributed by atoms with E-state index in [1.165, 1.54) is 17.3 Å². The molecule has 8 heteroatoms. The Morgan fingerprint density at radius 1 is 1.21 bits per heavy atom. The van der Waals surface area contributed by atoms with Gasteiger partial charge < -0.3 is 9.73 Å². The number of carbonyl (C=O) groups is 1. The smallest absolute Gasteiger partial charge is 0.234 e. The molecular formula is C20H23BrN4O2S. The Bertz CT molecular complexity index is 934. The van der Waals surface area contributed by atoms with Crippen LogP contribution in [0.4, 0.5) is 5.69 Å². The highest BCUT2D eigenvalue weighted by atomic mass is 79.9. The van der Waals surface area contributed by atoms with Gasteiger partial charge in [-0.1, -0.05) is 44.7 Å². The quantitative estimate of drug-likeness (QED) is 0.443. The molecule has 6 nitrogen and oxygen atoms in total. The first-order valence-corrected chi connectivity index (χ1v) is 11.0. The van der Waals surface area contributed by atoms with Gasteiger partial charge in [0.2, 0.25) is 11.7 Å². The highest BCUT2D eigenvalue weighted by Gasteiger charge is 2.17. The maximum absolute atomic E-state index is 12.3. The Balaban J connectivity index is 1.65. The van der Waals surface area contributed by atoms with E-state index in [4.69, 9.17) is 4.42 Å². The molecule has 0 radical (unpaired) electrons. The number of hydrogen-bond acceptors (Lipinski definition) is 5. The second-order valence-electron chi connectivity index (χ2n) is 6.68. The summed E-state index contributed by atoms with van der Waals surface area (Å²) >= 11 is 4.68. The van der Waals surface area contributed by atoms with Crippen molar-refractivity contribution in [1.82, 2.24) is 14.8 Å². The molecule has 1 aromatic carbocycles. The van der Waals surface area contributed by atoms with Crippen LogP contribution < -0.4 is 5.32 Å².